The number of rotatable bonds is 7. The van der Waals surface area contributed by atoms with Crippen molar-refractivity contribution in [2.75, 3.05) is 26.2 Å². The second kappa shape index (κ2) is 8.80. The number of hydrogen-bond donors (Lipinski definition) is 1. The first-order chi connectivity index (χ1) is 13.8. The van der Waals surface area contributed by atoms with Crippen LogP contribution in [0.3, 0.4) is 0 Å². The Morgan fingerprint density at radius 2 is 1.89 bits per heavy atom. The molecule has 0 spiro atoms. The largest absolute Gasteiger partial charge is 0.494 e. The Hall–Kier alpha value is -2.99. The number of benzene rings is 1. The van der Waals surface area contributed by atoms with Crippen LogP contribution in [0.5, 0.6) is 5.75 Å². The third kappa shape index (κ3) is 4.46. The van der Waals surface area contributed by atoms with E-state index in [0.29, 0.717) is 17.9 Å². The van der Waals surface area contributed by atoms with Crippen molar-refractivity contribution in [1.29, 1.82) is 0 Å². The minimum Gasteiger partial charge on any atom is -0.494 e. The summed E-state index contributed by atoms with van der Waals surface area (Å²) in [6.45, 7) is 4.26. The van der Waals surface area contributed by atoms with Crippen LogP contribution in [0.4, 0.5) is 0 Å². The van der Waals surface area contributed by atoms with Crippen LogP contribution < -0.4 is 10.3 Å². The van der Waals surface area contributed by atoms with Gasteiger partial charge in [-0.1, -0.05) is 6.07 Å². The first-order valence-corrected chi connectivity index (χ1v) is 9.76. The molecule has 0 atom stereocenters. The van der Waals surface area contributed by atoms with Crippen molar-refractivity contribution in [3.8, 4) is 28.3 Å². The van der Waals surface area contributed by atoms with Gasteiger partial charge in [-0.2, -0.15) is 5.10 Å². The van der Waals surface area contributed by atoms with Crippen molar-refractivity contribution in [2.24, 2.45) is 0 Å². The standard InChI is InChI=1S/C22H24N4O2/c27-21-16-19(20-6-1-2-11-23-20)22(25-24-21)17-7-9-18(10-8-17)28-15-5-14-26-12-3-4-13-26/h1-2,6-11,16H,3-5,12-15H2,(H,24,27). The SMILES string of the molecule is O=c1cc(-c2ccccn2)c(-c2ccc(OCCCN3CCCC3)cc2)n[nH]1. The zero-order valence-corrected chi connectivity index (χ0v) is 15.8. The maximum Gasteiger partial charge on any atom is 0.264 e. The fourth-order valence-corrected chi connectivity index (χ4v) is 3.53. The van der Waals surface area contributed by atoms with Crippen LogP contribution in [0, 0.1) is 0 Å². The predicted molar refractivity (Wildman–Crippen MR) is 109 cm³/mol. The van der Waals surface area contributed by atoms with E-state index in [9.17, 15) is 4.79 Å². The van der Waals surface area contributed by atoms with E-state index in [2.05, 4.69) is 20.1 Å². The van der Waals surface area contributed by atoms with E-state index >= 15 is 0 Å². The average molecular weight is 376 g/mol. The van der Waals surface area contributed by atoms with Crippen LogP contribution in [0.15, 0.2) is 59.5 Å². The van der Waals surface area contributed by atoms with E-state index < -0.39 is 0 Å². The minimum atomic E-state index is -0.248. The number of hydrogen-bond acceptors (Lipinski definition) is 5. The van der Waals surface area contributed by atoms with E-state index in [1.54, 1.807) is 6.20 Å². The minimum absolute atomic E-state index is 0.248. The van der Waals surface area contributed by atoms with Gasteiger partial charge in [-0.05, 0) is 68.8 Å². The predicted octanol–water partition coefficient (Wildman–Crippen LogP) is 3.36. The maximum absolute atomic E-state index is 11.8. The number of aromatic nitrogens is 3. The first kappa shape index (κ1) is 18.4. The van der Waals surface area contributed by atoms with Gasteiger partial charge in [0, 0.05) is 29.9 Å². The van der Waals surface area contributed by atoms with Gasteiger partial charge in [0.1, 0.15) is 11.4 Å². The van der Waals surface area contributed by atoms with Crippen LogP contribution in [-0.2, 0) is 0 Å². The lowest BCUT2D eigenvalue weighted by atomic mass is 10.0. The molecule has 6 nitrogen and oxygen atoms in total. The highest BCUT2D eigenvalue weighted by Crippen LogP contribution is 2.28. The quantitative estimate of drug-likeness (QED) is 0.640. The lowest BCUT2D eigenvalue weighted by Gasteiger charge is -2.14. The summed E-state index contributed by atoms with van der Waals surface area (Å²) in [4.78, 5) is 18.6. The van der Waals surface area contributed by atoms with Crippen LogP contribution in [0.1, 0.15) is 19.3 Å². The molecular formula is C22H24N4O2. The lowest BCUT2D eigenvalue weighted by Crippen LogP contribution is -2.21. The van der Waals surface area contributed by atoms with Gasteiger partial charge < -0.3 is 9.64 Å². The second-order valence-corrected chi connectivity index (χ2v) is 6.98. The molecule has 0 amide bonds. The van der Waals surface area contributed by atoms with Crippen molar-refractivity contribution in [3.05, 3.63) is 65.1 Å². The number of ether oxygens (including phenoxy) is 1. The molecule has 1 fully saturated rings. The molecule has 1 aliphatic heterocycles. The number of H-pyrrole nitrogens is 1. The molecule has 28 heavy (non-hydrogen) atoms. The van der Waals surface area contributed by atoms with Crippen molar-refractivity contribution >= 4 is 0 Å². The molecule has 3 aromatic rings. The Bertz CT molecular complexity index is 948. The van der Waals surface area contributed by atoms with Crippen molar-refractivity contribution in [3.63, 3.8) is 0 Å². The first-order valence-electron chi connectivity index (χ1n) is 9.76. The third-order valence-electron chi connectivity index (χ3n) is 4.96. The molecular weight excluding hydrogens is 352 g/mol. The summed E-state index contributed by atoms with van der Waals surface area (Å²) in [5.74, 6) is 0.842. The van der Waals surface area contributed by atoms with E-state index in [1.807, 2.05) is 42.5 Å². The molecule has 2 aromatic heterocycles. The van der Waals surface area contributed by atoms with E-state index in [0.717, 1.165) is 30.0 Å². The molecule has 0 radical (unpaired) electrons. The normalized spacial score (nSPS) is 14.3. The molecule has 1 aromatic carbocycles. The number of pyridine rings is 1. The van der Waals surface area contributed by atoms with E-state index in [-0.39, 0.29) is 5.56 Å². The van der Waals surface area contributed by atoms with E-state index in [1.165, 1.54) is 32.0 Å². The molecule has 4 rings (SSSR count). The zero-order chi connectivity index (χ0) is 19.2. The summed E-state index contributed by atoms with van der Waals surface area (Å²) in [6.07, 6.45) is 5.38. The molecule has 0 saturated carbocycles. The van der Waals surface area contributed by atoms with Gasteiger partial charge >= 0.3 is 0 Å². The summed E-state index contributed by atoms with van der Waals surface area (Å²) < 4.78 is 5.87. The molecule has 6 heteroatoms. The van der Waals surface area contributed by atoms with Gasteiger partial charge in [0.05, 0.1) is 12.3 Å². The highest BCUT2D eigenvalue weighted by atomic mass is 16.5. The van der Waals surface area contributed by atoms with Gasteiger partial charge in [-0.15, -0.1) is 0 Å². The highest BCUT2D eigenvalue weighted by Gasteiger charge is 2.12. The molecule has 0 unspecified atom stereocenters. The van der Waals surface area contributed by atoms with Gasteiger partial charge in [0.15, 0.2) is 0 Å². The Morgan fingerprint density at radius 3 is 2.64 bits per heavy atom. The molecule has 0 aliphatic carbocycles. The van der Waals surface area contributed by atoms with Crippen LogP contribution in [-0.4, -0.2) is 46.3 Å². The molecule has 1 saturated heterocycles. The summed E-state index contributed by atoms with van der Waals surface area (Å²) >= 11 is 0. The van der Waals surface area contributed by atoms with Crippen LogP contribution >= 0.6 is 0 Å². The van der Waals surface area contributed by atoms with Gasteiger partial charge in [0.25, 0.3) is 5.56 Å². The van der Waals surface area contributed by atoms with Gasteiger partial charge in [-0.3, -0.25) is 9.78 Å². The maximum atomic E-state index is 11.8. The van der Waals surface area contributed by atoms with Crippen molar-refractivity contribution < 1.29 is 4.74 Å². The Kier molecular flexibility index (Phi) is 5.77. The Balaban J connectivity index is 1.44. The summed E-state index contributed by atoms with van der Waals surface area (Å²) in [5, 5.41) is 6.77. The van der Waals surface area contributed by atoms with Crippen molar-refractivity contribution in [1.82, 2.24) is 20.1 Å². The fraction of sp³-hybridized carbons (Fsp3) is 0.318. The smallest absolute Gasteiger partial charge is 0.264 e. The number of nitrogens with zero attached hydrogens (tertiary/aromatic N) is 3. The number of likely N-dealkylation sites (tertiary alicyclic amines) is 1. The molecule has 1 N–H and O–H groups in total. The van der Waals surface area contributed by atoms with Gasteiger partial charge in [0.2, 0.25) is 0 Å². The Morgan fingerprint density at radius 1 is 1.07 bits per heavy atom. The summed E-state index contributed by atoms with van der Waals surface area (Å²) in [5.41, 5.74) is 2.78. The molecule has 3 heterocycles. The highest BCUT2D eigenvalue weighted by molar-refractivity contribution is 5.78. The van der Waals surface area contributed by atoms with Crippen molar-refractivity contribution in [2.45, 2.75) is 19.3 Å². The topological polar surface area (TPSA) is 71.1 Å². The molecule has 0 bridgehead atoms. The second-order valence-electron chi connectivity index (χ2n) is 6.98. The molecule has 144 valence electrons. The fourth-order valence-electron chi connectivity index (χ4n) is 3.53. The lowest BCUT2D eigenvalue weighted by molar-refractivity contribution is 0.263. The molecule has 1 aliphatic rings. The third-order valence-corrected chi connectivity index (χ3v) is 4.96. The van der Waals surface area contributed by atoms with Crippen LogP contribution in [0.2, 0.25) is 0 Å². The monoisotopic (exact) mass is 376 g/mol. The van der Waals surface area contributed by atoms with E-state index in [4.69, 9.17) is 4.74 Å². The zero-order valence-electron chi connectivity index (χ0n) is 15.8. The Labute approximate surface area is 164 Å². The average Bonchev–Trinajstić information content (AvgIpc) is 3.26. The van der Waals surface area contributed by atoms with Gasteiger partial charge in [-0.25, -0.2) is 5.10 Å². The number of aromatic amines is 1. The summed E-state index contributed by atoms with van der Waals surface area (Å²) in [7, 11) is 0. The number of nitrogens with one attached hydrogen (secondary N) is 1. The summed E-state index contributed by atoms with van der Waals surface area (Å²) in [6, 6.07) is 15.0. The van der Waals surface area contributed by atoms with Crippen LogP contribution in [0.25, 0.3) is 22.5 Å².